The van der Waals surface area contributed by atoms with Crippen molar-refractivity contribution in [2.75, 3.05) is 6.61 Å². The lowest BCUT2D eigenvalue weighted by Crippen LogP contribution is -2.14. The van der Waals surface area contributed by atoms with Gasteiger partial charge >= 0.3 is 0 Å². The Bertz CT molecular complexity index is 409. The summed E-state index contributed by atoms with van der Waals surface area (Å²) in [5.41, 5.74) is 6.40. The zero-order chi connectivity index (χ0) is 13.5. The summed E-state index contributed by atoms with van der Waals surface area (Å²) in [5.74, 6) is 0.803. The minimum atomic E-state index is -0.239. The van der Waals surface area contributed by atoms with Gasteiger partial charge in [0.2, 0.25) is 0 Å². The fourth-order valence-corrected chi connectivity index (χ4v) is 2.14. The summed E-state index contributed by atoms with van der Waals surface area (Å²) in [6, 6.07) is 4.64. The maximum Gasteiger partial charge on any atom is 0.123 e. The number of hydrogen-bond donors (Lipinski definition) is 1. The number of halogens is 1. The molecule has 2 N–H and O–H groups in total. The molecule has 4 heteroatoms. The maximum absolute atomic E-state index is 13.3. The molecule has 1 unspecified atom stereocenters. The van der Waals surface area contributed by atoms with Crippen LogP contribution in [0.25, 0.3) is 0 Å². The van der Waals surface area contributed by atoms with Crippen LogP contribution in [0.5, 0.6) is 5.75 Å². The standard InChI is InChI=1S/C14H20FNOS/c1-3-6-17-13-5-4-12(15)9-11(13)7-10(2)8-14(16)18/h4-5,9-10H,3,6-8H2,1-2H3,(H2,16,18). The largest absolute Gasteiger partial charge is 0.493 e. The highest BCUT2D eigenvalue weighted by Gasteiger charge is 2.11. The Morgan fingerprint density at radius 2 is 2.22 bits per heavy atom. The Balaban J connectivity index is 2.77. The summed E-state index contributed by atoms with van der Waals surface area (Å²) in [4.78, 5) is 0.495. The molecule has 2 nitrogen and oxygen atoms in total. The molecule has 1 aromatic carbocycles. The van der Waals surface area contributed by atoms with Crippen molar-refractivity contribution in [3.05, 3.63) is 29.6 Å². The number of benzene rings is 1. The van der Waals surface area contributed by atoms with Gasteiger partial charge in [-0.25, -0.2) is 4.39 Å². The van der Waals surface area contributed by atoms with Crippen LogP contribution in [0.1, 0.15) is 32.3 Å². The van der Waals surface area contributed by atoms with Crippen LogP contribution in [-0.2, 0) is 6.42 Å². The molecule has 0 saturated heterocycles. The first-order chi connectivity index (χ1) is 8.52. The highest BCUT2D eigenvalue weighted by molar-refractivity contribution is 7.80. The zero-order valence-corrected chi connectivity index (χ0v) is 11.7. The first-order valence-corrected chi connectivity index (χ1v) is 6.63. The average molecular weight is 269 g/mol. The third-order valence-electron chi connectivity index (χ3n) is 2.60. The summed E-state index contributed by atoms with van der Waals surface area (Å²) in [5, 5.41) is 0. The van der Waals surface area contributed by atoms with Crippen molar-refractivity contribution in [3.63, 3.8) is 0 Å². The Morgan fingerprint density at radius 1 is 1.50 bits per heavy atom. The predicted molar refractivity (Wildman–Crippen MR) is 76.5 cm³/mol. The number of rotatable bonds is 7. The fourth-order valence-electron chi connectivity index (χ4n) is 1.85. The van der Waals surface area contributed by atoms with Gasteiger partial charge in [0.15, 0.2) is 0 Å². The molecule has 18 heavy (non-hydrogen) atoms. The van der Waals surface area contributed by atoms with Crippen LogP contribution in [0.3, 0.4) is 0 Å². The van der Waals surface area contributed by atoms with E-state index in [1.807, 2.05) is 13.8 Å². The van der Waals surface area contributed by atoms with Crippen LogP contribution in [0, 0.1) is 11.7 Å². The van der Waals surface area contributed by atoms with Crippen molar-refractivity contribution in [3.8, 4) is 5.75 Å². The second kappa shape index (κ2) is 7.31. The fraction of sp³-hybridized carbons (Fsp3) is 0.500. The normalized spacial score (nSPS) is 12.2. The van der Waals surface area contributed by atoms with Gasteiger partial charge in [-0.3, -0.25) is 0 Å². The predicted octanol–water partition coefficient (Wildman–Crippen LogP) is 3.47. The highest BCUT2D eigenvalue weighted by atomic mass is 32.1. The van der Waals surface area contributed by atoms with Crippen LogP contribution < -0.4 is 10.5 Å². The van der Waals surface area contributed by atoms with Crippen LogP contribution in [0.2, 0.25) is 0 Å². The Morgan fingerprint density at radius 3 is 2.83 bits per heavy atom. The lowest BCUT2D eigenvalue weighted by Gasteiger charge is -2.15. The van der Waals surface area contributed by atoms with Gasteiger partial charge in [-0.15, -0.1) is 0 Å². The molecule has 100 valence electrons. The van der Waals surface area contributed by atoms with E-state index in [9.17, 15) is 4.39 Å². The van der Waals surface area contributed by atoms with E-state index in [4.69, 9.17) is 22.7 Å². The van der Waals surface area contributed by atoms with E-state index >= 15 is 0 Å². The average Bonchev–Trinajstić information content (AvgIpc) is 2.26. The number of nitrogens with two attached hydrogens (primary N) is 1. The minimum Gasteiger partial charge on any atom is -0.493 e. The summed E-state index contributed by atoms with van der Waals surface area (Å²) in [6.07, 6.45) is 2.31. The first kappa shape index (κ1) is 14.9. The summed E-state index contributed by atoms with van der Waals surface area (Å²) >= 11 is 4.89. The molecule has 0 bridgehead atoms. The smallest absolute Gasteiger partial charge is 0.123 e. The monoisotopic (exact) mass is 269 g/mol. The first-order valence-electron chi connectivity index (χ1n) is 6.22. The quantitative estimate of drug-likeness (QED) is 0.770. The molecular weight excluding hydrogens is 249 g/mol. The van der Waals surface area contributed by atoms with Gasteiger partial charge in [-0.05, 0) is 42.5 Å². The van der Waals surface area contributed by atoms with E-state index in [1.165, 1.54) is 12.1 Å². The molecular formula is C14H20FNOS. The van der Waals surface area contributed by atoms with Crippen LogP contribution in [0.4, 0.5) is 4.39 Å². The molecule has 0 fully saturated rings. The van der Waals surface area contributed by atoms with Crippen molar-refractivity contribution < 1.29 is 9.13 Å². The van der Waals surface area contributed by atoms with E-state index in [-0.39, 0.29) is 11.7 Å². The molecule has 1 atom stereocenters. The van der Waals surface area contributed by atoms with E-state index in [2.05, 4.69) is 0 Å². The summed E-state index contributed by atoms with van der Waals surface area (Å²) in [6.45, 7) is 4.73. The Labute approximate surface area is 113 Å². The van der Waals surface area contributed by atoms with Gasteiger partial charge in [-0.2, -0.15) is 0 Å². The lowest BCUT2D eigenvalue weighted by atomic mass is 9.97. The number of ether oxygens (including phenoxy) is 1. The maximum atomic E-state index is 13.3. The second-order valence-corrected chi connectivity index (χ2v) is 5.10. The molecule has 1 rings (SSSR count). The molecule has 0 aliphatic rings. The van der Waals surface area contributed by atoms with E-state index in [0.717, 1.165) is 17.7 Å². The van der Waals surface area contributed by atoms with Crippen molar-refractivity contribution in [2.45, 2.75) is 33.1 Å². The van der Waals surface area contributed by atoms with Gasteiger partial charge < -0.3 is 10.5 Å². The van der Waals surface area contributed by atoms with Crippen molar-refractivity contribution >= 4 is 17.2 Å². The third kappa shape index (κ3) is 5.00. The third-order valence-corrected chi connectivity index (χ3v) is 2.77. The molecule has 0 saturated carbocycles. The molecule has 0 amide bonds. The van der Waals surface area contributed by atoms with Crippen LogP contribution >= 0.6 is 12.2 Å². The molecule has 0 aromatic heterocycles. The van der Waals surface area contributed by atoms with Crippen molar-refractivity contribution in [1.82, 2.24) is 0 Å². The summed E-state index contributed by atoms with van der Waals surface area (Å²) in [7, 11) is 0. The molecule has 0 radical (unpaired) electrons. The molecule has 0 heterocycles. The van der Waals surface area contributed by atoms with Gasteiger partial charge in [0.25, 0.3) is 0 Å². The van der Waals surface area contributed by atoms with Crippen molar-refractivity contribution in [2.24, 2.45) is 11.7 Å². The van der Waals surface area contributed by atoms with Crippen LogP contribution in [-0.4, -0.2) is 11.6 Å². The van der Waals surface area contributed by atoms with E-state index < -0.39 is 0 Å². The highest BCUT2D eigenvalue weighted by Crippen LogP contribution is 2.24. The molecule has 1 aromatic rings. The van der Waals surface area contributed by atoms with Gasteiger partial charge in [0, 0.05) is 6.42 Å². The minimum absolute atomic E-state index is 0.239. The topological polar surface area (TPSA) is 35.2 Å². The number of thiocarbonyl (C=S) groups is 1. The van der Waals surface area contributed by atoms with Gasteiger partial charge in [0.1, 0.15) is 11.6 Å². The van der Waals surface area contributed by atoms with E-state index in [0.29, 0.717) is 24.4 Å². The summed E-state index contributed by atoms with van der Waals surface area (Å²) < 4.78 is 18.9. The molecule has 0 spiro atoms. The second-order valence-electron chi connectivity index (χ2n) is 4.58. The van der Waals surface area contributed by atoms with E-state index in [1.54, 1.807) is 6.07 Å². The zero-order valence-electron chi connectivity index (χ0n) is 10.9. The van der Waals surface area contributed by atoms with Crippen LogP contribution in [0.15, 0.2) is 18.2 Å². The number of hydrogen-bond acceptors (Lipinski definition) is 2. The SMILES string of the molecule is CCCOc1ccc(F)cc1CC(C)CC(N)=S. The van der Waals surface area contributed by atoms with Gasteiger partial charge in [0.05, 0.1) is 11.6 Å². The lowest BCUT2D eigenvalue weighted by molar-refractivity contribution is 0.312. The molecule has 0 aliphatic carbocycles. The molecule has 0 aliphatic heterocycles. The Kier molecular flexibility index (Phi) is 6.05. The Hall–Kier alpha value is -1.16. The van der Waals surface area contributed by atoms with Crippen molar-refractivity contribution in [1.29, 1.82) is 0 Å². The van der Waals surface area contributed by atoms with Gasteiger partial charge in [-0.1, -0.05) is 26.1 Å².